The van der Waals surface area contributed by atoms with Gasteiger partial charge in [0.25, 0.3) is 5.56 Å². The van der Waals surface area contributed by atoms with Gasteiger partial charge in [0, 0.05) is 5.56 Å². The van der Waals surface area contributed by atoms with Crippen LogP contribution in [-0.2, 0) is 0 Å². The quantitative estimate of drug-likeness (QED) is 0.705. The van der Waals surface area contributed by atoms with Crippen molar-refractivity contribution in [2.75, 3.05) is 0 Å². The number of aromatic amines is 1. The average molecular weight is 256 g/mol. The molecular formula is C12H8N4O3. The maximum Gasteiger partial charge on any atom is 0.343 e. The molecule has 2 N–H and O–H groups in total. The van der Waals surface area contributed by atoms with E-state index in [4.69, 9.17) is 0 Å². The minimum absolute atomic E-state index is 0.203. The Bertz CT molecular complexity index is 820. The summed E-state index contributed by atoms with van der Waals surface area (Å²) in [6.07, 6.45) is 1.25. The van der Waals surface area contributed by atoms with E-state index < -0.39 is 11.5 Å². The number of rotatable bonds is 2. The molecule has 0 aliphatic rings. The van der Waals surface area contributed by atoms with Crippen LogP contribution in [0.1, 0.15) is 10.4 Å². The summed E-state index contributed by atoms with van der Waals surface area (Å²) in [5.41, 5.74) is -0.262. The highest BCUT2D eigenvalue weighted by Gasteiger charge is 2.21. The molecule has 0 aliphatic carbocycles. The topological polar surface area (TPSA) is 100 Å². The molecule has 0 unspecified atom stereocenters. The average Bonchev–Trinajstić information content (AvgIpc) is 2.85. The van der Waals surface area contributed by atoms with E-state index in [1.54, 1.807) is 30.3 Å². The number of H-pyrrole nitrogens is 1. The molecule has 1 aromatic carbocycles. The van der Waals surface area contributed by atoms with E-state index in [2.05, 4.69) is 15.1 Å². The first-order chi connectivity index (χ1) is 9.18. The summed E-state index contributed by atoms with van der Waals surface area (Å²) >= 11 is 0. The summed E-state index contributed by atoms with van der Waals surface area (Å²) in [7, 11) is 0. The molecule has 0 radical (unpaired) electrons. The number of nitrogens with one attached hydrogen (secondary N) is 1. The lowest BCUT2D eigenvalue weighted by atomic mass is 10.1. The molecule has 3 aromatic rings. The van der Waals surface area contributed by atoms with E-state index in [-0.39, 0.29) is 17.0 Å². The molecule has 0 bridgehead atoms. The summed E-state index contributed by atoms with van der Waals surface area (Å²) in [6, 6.07) is 8.73. The smallest absolute Gasteiger partial charge is 0.343 e. The second-order valence-corrected chi connectivity index (χ2v) is 3.84. The van der Waals surface area contributed by atoms with Crippen LogP contribution in [-0.4, -0.2) is 30.7 Å². The van der Waals surface area contributed by atoms with E-state index in [0.29, 0.717) is 5.56 Å². The van der Waals surface area contributed by atoms with Gasteiger partial charge in [0.1, 0.15) is 6.33 Å². The van der Waals surface area contributed by atoms with E-state index in [1.807, 2.05) is 0 Å². The summed E-state index contributed by atoms with van der Waals surface area (Å²) in [5.74, 6) is -1.11. The fourth-order valence-corrected chi connectivity index (χ4v) is 1.93. The van der Waals surface area contributed by atoms with Crippen LogP contribution in [0.25, 0.3) is 17.0 Å². The van der Waals surface area contributed by atoms with Crippen molar-refractivity contribution in [3.8, 4) is 11.3 Å². The van der Waals surface area contributed by atoms with Gasteiger partial charge in [-0.3, -0.25) is 9.78 Å². The van der Waals surface area contributed by atoms with Crippen LogP contribution in [0.5, 0.6) is 0 Å². The summed E-state index contributed by atoms with van der Waals surface area (Å²) < 4.78 is 1.31. The molecule has 0 saturated carbocycles. The largest absolute Gasteiger partial charge is 0.477 e. The van der Waals surface area contributed by atoms with Gasteiger partial charge in [-0.05, 0) is 0 Å². The summed E-state index contributed by atoms with van der Waals surface area (Å²) in [6.45, 7) is 0. The first kappa shape index (κ1) is 11.1. The van der Waals surface area contributed by atoms with Crippen LogP contribution in [0.15, 0.2) is 41.5 Å². The molecule has 0 fully saturated rings. The molecule has 94 valence electrons. The fourth-order valence-electron chi connectivity index (χ4n) is 1.93. The molecule has 0 spiro atoms. The van der Waals surface area contributed by atoms with Crippen molar-refractivity contribution in [2.24, 2.45) is 0 Å². The number of carbonyl (C=O) groups is 1. The van der Waals surface area contributed by atoms with Crippen molar-refractivity contribution in [1.82, 2.24) is 19.6 Å². The molecule has 0 atom stereocenters. The Morgan fingerprint density at radius 2 is 2.00 bits per heavy atom. The Kier molecular flexibility index (Phi) is 2.38. The van der Waals surface area contributed by atoms with E-state index in [9.17, 15) is 14.7 Å². The first-order valence-corrected chi connectivity index (χ1v) is 5.43. The Morgan fingerprint density at radius 1 is 1.26 bits per heavy atom. The van der Waals surface area contributed by atoms with Crippen LogP contribution < -0.4 is 5.56 Å². The zero-order chi connectivity index (χ0) is 13.4. The predicted octanol–water partition coefficient (Wildman–Crippen LogP) is 0.783. The van der Waals surface area contributed by atoms with Crippen LogP contribution in [0.4, 0.5) is 0 Å². The van der Waals surface area contributed by atoms with Gasteiger partial charge in [0.05, 0.1) is 5.69 Å². The van der Waals surface area contributed by atoms with Gasteiger partial charge in [0.2, 0.25) is 5.78 Å². The number of nitrogens with zero attached hydrogens (tertiary/aromatic N) is 3. The minimum atomic E-state index is -1.31. The second-order valence-electron chi connectivity index (χ2n) is 3.84. The molecule has 7 nitrogen and oxygen atoms in total. The van der Waals surface area contributed by atoms with E-state index in [1.165, 1.54) is 10.8 Å². The Balaban J connectivity index is 2.50. The van der Waals surface area contributed by atoms with Crippen molar-refractivity contribution in [2.45, 2.75) is 0 Å². The third-order valence-electron chi connectivity index (χ3n) is 2.71. The highest BCUT2D eigenvalue weighted by atomic mass is 16.4. The summed E-state index contributed by atoms with van der Waals surface area (Å²) in [5, 5.41) is 13.2. The maximum absolute atomic E-state index is 11.8. The second kappa shape index (κ2) is 4.05. The lowest BCUT2D eigenvalue weighted by Crippen LogP contribution is -2.22. The zero-order valence-electron chi connectivity index (χ0n) is 9.57. The van der Waals surface area contributed by atoms with Gasteiger partial charge in [-0.15, -0.1) is 0 Å². The van der Waals surface area contributed by atoms with Gasteiger partial charge in [-0.1, -0.05) is 30.3 Å². The number of aromatic nitrogens is 4. The molecule has 0 amide bonds. The third kappa shape index (κ3) is 1.68. The third-order valence-corrected chi connectivity index (χ3v) is 2.71. The number of hydrogen-bond donors (Lipinski definition) is 2. The zero-order valence-corrected chi connectivity index (χ0v) is 9.57. The highest BCUT2D eigenvalue weighted by Crippen LogP contribution is 2.20. The van der Waals surface area contributed by atoms with Crippen molar-refractivity contribution in [3.05, 3.63) is 52.6 Å². The molecule has 0 aliphatic heterocycles. The van der Waals surface area contributed by atoms with Crippen LogP contribution in [0.3, 0.4) is 0 Å². The molecule has 2 aromatic heterocycles. The lowest BCUT2D eigenvalue weighted by Gasteiger charge is -2.07. The molecule has 0 saturated heterocycles. The monoisotopic (exact) mass is 256 g/mol. The number of carboxylic acid groups (broad SMARTS) is 1. The minimum Gasteiger partial charge on any atom is -0.477 e. The maximum atomic E-state index is 11.8. The van der Waals surface area contributed by atoms with Crippen LogP contribution >= 0.6 is 0 Å². The Hall–Kier alpha value is -2.96. The van der Waals surface area contributed by atoms with Crippen LogP contribution in [0, 0.1) is 0 Å². The molecule has 3 rings (SSSR count). The van der Waals surface area contributed by atoms with Gasteiger partial charge >= 0.3 is 5.97 Å². The number of benzene rings is 1. The van der Waals surface area contributed by atoms with Gasteiger partial charge in [-0.25, -0.2) is 4.79 Å². The van der Waals surface area contributed by atoms with E-state index in [0.717, 1.165) is 0 Å². The van der Waals surface area contributed by atoms with Gasteiger partial charge in [0.15, 0.2) is 5.56 Å². The normalized spacial score (nSPS) is 10.7. The predicted molar refractivity (Wildman–Crippen MR) is 66.0 cm³/mol. The number of fused-ring (bicyclic) bond motifs is 1. The standard InChI is InChI=1S/C12H8N4O3/c17-10-8(11(18)19)9(7-4-2-1-3-5-7)16-12(15-10)13-6-14-16/h1-6H,(H,18,19)(H,13,14,15,17). The highest BCUT2D eigenvalue weighted by molar-refractivity contribution is 5.94. The molecule has 7 heteroatoms. The van der Waals surface area contributed by atoms with Gasteiger partial charge < -0.3 is 5.11 Å². The van der Waals surface area contributed by atoms with Crippen molar-refractivity contribution in [3.63, 3.8) is 0 Å². The van der Waals surface area contributed by atoms with Gasteiger partial charge in [-0.2, -0.15) is 14.6 Å². The van der Waals surface area contributed by atoms with Crippen molar-refractivity contribution in [1.29, 1.82) is 0 Å². The van der Waals surface area contributed by atoms with Crippen molar-refractivity contribution >= 4 is 11.7 Å². The Labute approximate surface area is 106 Å². The van der Waals surface area contributed by atoms with Crippen LogP contribution in [0.2, 0.25) is 0 Å². The first-order valence-electron chi connectivity index (χ1n) is 5.43. The van der Waals surface area contributed by atoms with Crippen molar-refractivity contribution < 1.29 is 9.90 Å². The summed E-state index contributed by atoms with van der Waals surface area (Å²) in [4.78, 5) is 29.4. The lowest BCUT2D eigenvalue weighted by molar-refractivity contribution is 0.0695. The fraction of sp³-hybridized carbons (Fsp3) is 0. The Morgan fingerprint density at radius 3 is 2.68 bits per heavy atom. The number of aromatic carboxylic acids is 1. The molecular weight excluding hydrogens is 248 g/mol. The number of hydrogen-bond acceptors (Lipinski definition) is 4. The molecule has 19 heavy (non-hydrogen) atoms. The molecule has 2 heterocycles. The van der Waals surface area contributed by atoms with E-state index >= 15 is 0 Å². The number of carboxylic acids is 1. The SMILES string of the molecule is O=C(O)c1c(-c2ccccc2)n2ncnc2[nH]c1=O.